The van der Waals surface area contributed by atoms with Gasteiger partial charge in [-0.15, -0.1) is 0 Å². The third-order valence-electron chi connectivity index (χ3n) is 6.30. The summed E-state index contributed by atoms with van der Waals surface area (Å²) in [6.07, 6.45) is 2.25. The molecule has 1 heterocycles. The summed E-state index contributed by atoms with van der Waals surface area (Å²) >= 11 is 0. The summed E-state index contributed by atoms with van der Waals surface area (Å²) in [4.78, 5) is 37.8. The van der Waals surface area contributed by atoms with Crippen molar-refractivity contribution in [2.75, 3.05) is 6.61 Å². The Hall–Kier alpha value is -2.89. The number of aliphatic carboxylic acids is 1. The van der Waals surface area contributed by atoms with Gasteiger partial charge in [-0.25, -0.2) is 4.79 Å². The highest BCUT2D eigenvalue weighted by Crippen LogP contribution is 2.52. The van der Waals surface area contributed by atoms with Crippen molar-refractivity contribution in [1.29, 1.82) is 0 Å². The number of dihydropyridines is 1. The molecule has 31 heavy (non-hydrogen) atoms. The molecule has 0 radical (unpaired) electrons. The average molecular weight is 424 g/mol. The van der Waals surface area contributed by atoms with Crippen LogP contribution in [-0.4, -0.2) is 29.2 Å². The summed E-state index contributed by atoms with van der Waals surface area (Å²) in [7, 11) is 0. The Bertz CT molecular complexity index is 992. The molecule has 0 saturated heterocycles. The number of nitrogens with one attached hydrogen (secondary N) is 1. The van der Waals surface area contributed by atoms with Crippen LogP contribution in [0.1, 0.15) is 64.9 Å². The number of hydrogen-bond donors (Lipinski definition) is 2. The highest BCUT2D eigenvalue weighted by molar-refractivity contribution is 6.07. The van der Waals surface area contributed by atoms with Crippen molar-refractivity contribution in [3.8, 4) is 5.75 Å². The van der Waals surface area contributed by atoms with Crippen molar-refractivity contribution in [3.05, 3.63) is 52.4 Å². The smallest absolute Gasteiger partial charge is 0.341 e. The zero-order valence-corrected chi connectivity index (χ0v) is 18.5. The number of carbonyl (C=O) groups excluding carboxylic acids is 2. The van der Waals surface area contributed by atoms with E-state index in [2.05, 4.69) is 33.0 Å². The zero-order valence-electron chi connectivity index (χ0n) is 18.5. The molecule has 4 rings (SSSR count). The first kappa shape index (κ1) is 21.3. The van der Waals surface area contributed by atoms with Crippen LogP contribution < -0.4 is 10.1 Å². The van der Waals surface area contributed by atoms with E-state index in [9.17, 15) is 14.4 Å². The molecule has 0 unspecified atom stereocenters. The minimum absolute atomic E-state index is 0.0287. The Balaban J connectivity index is 1.90. The molecule has 1 aromatic rings. The first-order valence-electron chi connectivity index (χ1n) is 10.7. The molecule has 6 nitrogen and oxygen atoms in total. The first-order chi connectivity index (χ1) is 14.5. The molecule has 1 aromatic carbocycles. The maximum atomic E-state index is 13.3. The Labute approximate surface area is 182 Å². The summed E-state index contributed by atoms with van der Waals surface area (Å²) in [6.45, 7) is 7.83. The van der Waals surface area contributed by atoms with Crippen molar-refractivity contribution in [2.45, 2.75) is 59.3 Å². The standard InChI is InChI=1S/C25H29NO5/c1-24(2)9-15-22(17(27)11-24)21(14-7-5-6-8-19(14)31-13-20(29)30)23-16(26-15)10-25(3,4)12-18(23)28/h5-8,21,26H,9-13H2,1-4H3,(H,29,30). The molecular weight excluding hydrogens is 394 g/mol. The van der Waals surface area contributed by atoms with Gasteiger partial charge in [0.2, 0.25) is 0 Å². The van der Waals surface area contributed by atoms with Crippen LogP contribution in [0, 0.1) is 10.8 Å². The van der Waals surface area contributed by atoms with Gasteiger partial charge in [-0.1, -0.05) is 45.9 Å². The number of hydrogen-bond acceptors (Lipinski definition) is 5. The predicted octanol–water partition coefficient (Wildman–Crippen LogP) is 4.12. The van der Waals surface area contributed by atoms with Crippen LogP contribution in [0.2, 0.25) is 0 Å². The lowest BCUT2D eigenvalue weighted by atomic mass is 9.64. The molecule has 2 aliphatic carbocycles. The van der Waals surface area contributed by atoms with Crippen molar-refractivity contribution in [3.63, 3.8) is 0 Å². The van der Waals surface area contributed by atoms with E-state index in [-0.39, 0.29) is 22.4 Å². The van der Waals surface area contributed by atoms with Gasteiger partial charge in [0.25, 0.3) is 0 Å². The number of allylic oxidation sites excluding steroid dienone is 4. The molecule has 2 N–H and O–H groups in total. The second-order valence-electron chi connectivity index (χ2n) is 10.4. The van der Waals surface area contributed by atoms with E-state index >= 15 is 0 Å². The van der Waals surface area contributed by atoms with E-state index in [1.807, 2.05) is 12.1 Å². The summed E-state index contributed by atoms with van der Waals surface area (Å²) in [5.74, 6) is -1.16. The Morgan fingerprint density at radius 1 is 0.968 bits per heavy atom. The number of ether oxygens (including phenoxy) is 1. The second kappa shape index (κ2) is 7.36. The fourth-order valence-corrected chi connectivity index (χ4v) is 5.19. The van der Waals surface area contributed by atoms with Crippen molar-refractivity contribution in [2.24, 2.45) is 10.8 Å². The van der Waals surface area contributed by atoms with E-state index in [0.29, 0.717) is 48.1 Å². The summed E-state index contributed by atoms with van der Waals surface area (Å²) < 4.78 is 5.58. The van der Waals surface area contributed by atoms with Gasteiger partial charge in [-0.3, -0.25) is 9.59 Å². The second-order valence-corrected chi connectivity index (χ2v) is 10.4. The normalized spacial score (nSPS) is 22.6. The monoisotopic (exact) mass is 423 g/mol. The number of benzene rings is 1. The zero-order chi connectivity index (χ0) is 22.6. The largest absolute Gasteiger partial charge is 0.482 e. The maximum Gasteiger partial charge on any atom is 0.341 e. The number of ketones is 2. The van der Waals surface area contributed by atoms with Crippen LogP contribution in [0.3, 0.4) is 0 Å². The molecule has 0 amide bonds. The quantitative estimate of drug-likeness (QED) is 0.757. The van der Waals surface area contributed by atoms with Gasteiger partial charge in [0.15, 0.2) is 18.2 Å². The van der Waals surface area contributed by atoms with E-state index in [1.165, 1.54) is 0 Å². The SMILES string of the molecule is CC1(C)CC(=O)C2=C(C1)NC1=C(C(=O)CC(C)(C)C1)C2c1ccccc1OCC(=O)O. The van der Waals surface area contributed by atoms with Gasteiger partial charge >= 0.3 is 5.97 Å². The minimum atomic E-state index is -1.08. The molecule has 0 fully saturated rings. The van der Waals surface area contributed by atoms with Crippen LogP contribution >= 0.6 is 0 Å². The van der Waals surface area contributed by atoms with Gasteiger partial charge in [-0.05, 0) is 29.7 Å². The number of Topliss-reactive ketones (excluding diaryl/α,β-unsaturated/α-hetero) is 2. The lowest BCUT2D eigenvalue weighted by Crippen LogP contribution is -2.42. The molecule has 3 aliphatic rings. The Morgan fingerprint density at radius 2 is 1.48 bits per heavy atom. The van der Waals surface area contributed by atoms with Crippen LogP contribution in [0.4, 0.5) is 0 Å². The van der Waals surface area contributed by atoms with E-state index < -0.39 is 18.5 Å². The molecule has 0 saturated carbocycles. The lowest BCUT2D eigenvalue weighted by molar-refractivity contribution is -0.139. The van der Waals surface area contributed by atoms with Crippen LogP contribution in [-0.2, 0) is 14.4 Å². The highest BCUT2D eigenvalue weighted by atomic mass is 16.5. The summed E-state index contributed by atoms with van der Waals surface area (Å²) in [5, 5.41) is 12.6. The van der Waals surface area contributed by atoms with Crippen LogP contribution in [0.5, 0.6) is 5.75 Å². The Morgan fingerprint density at radius 3 is 2.00 bits per heavy atom. The maximum absolute atomic E-state index is 13.3. The van der Waals surface area contributed by atoms with E-state index in [0.717, 1.165) is 11.4 Å². The molecule has 0 atom stereocenters. The molecule has 1 aliphatic heterocycles. The average Bonchev–Trinajstić information content (AvgIpc) is 2.62. The van der Waals surface area contributed by atoms with Crippen molar-refractivity contribution >= 4 is 17.5 Å². The van der Waals surface area contributed by atoms with Gasteiger partial charge in [0, 0.05) is 46.9 Å². The molecule has 0 spiro atoms. The molecule has 6 heteroatoms. The van der Waals surface area contributed by atoms with Gasteiger partial charge in [0.1, 0.15) is 5.75 Å². The third kappa shape index (κ3) is 4.03. The number of para-hydroxylation sites is 1. The third-order valence-corrected chi connectivity index (χ3v) is 6.30. The van der Waals surface area contributed by atoms with Crippen LogP contribution in [0.25, 0.3) is 0 Å². The first-order valence-corrected chi connectivity index (χ1v) is 10.7. The number of carboxylic acid groups (broad SMARTS) is 1. The molecule has 0 bridgehead atoms. The van der Waals surface area contributed by atoms with Gasteiger partial charge in [0.05, 0.1) is 0 Å². The van der Waals surface area contributed by atoms with E-state index in [4.69, 9.17) is 9.84 Å². The van der Waals surface area contributed by atoms with E-state index in [1.54, 1.807) is 12.1 Å². The Kier molecular flexibility index (Phi) is 5.07. The number of carbonyl (C=O) groups is 3. The topological polar surface area (TPSA) is 92.7 Å². The highest BCUT2D eigenvalue weighted by Gasteiger charge is 2.47. The minimum Gasteiger partial charge on any atom is -0.482 e. The predicted molar refractivity (Wildman–Crippen MR) is 116 cm³/mol. The fourth-order valence-electron chi connectivity index (χ4n) is 5.19. The molecule has 0 aromatic heterocycles. The molecule has 164 valence electrons. The van der Waals surface area contributed by atoms with Crippen molar-refractivity contribution in [1.82, 2.24) is 5.32 Å². The lowest BCUT2D eigenvalue weighted by Gasteiger charge is -2.44. The summed E-state index contributed by atoms with van der Waals surface area (Å²) in [5.41, 5.74) is 3.34. The number of carboxylic acids is 1. The van der Waals surface area contributed by atoms with Crippen LogP contribution in [0.15, 0.2) is 46.8 Å². The fraction of sp³-hybridized carbons (Fsp3) is 0.480. The van der Waals surface area contributed by atoms with Gasteiger partial charge < -0.3 is 15.2 Å². The van der Waals surface area contributed by atoms with Crippen molar-refractivity contribution < 1.29 is 24.2 Å². The van der Waals surface area contributed by atoms with Gasteiger partial charge in [-0.2, -0.15) is 0 Å². The number of rotatable bonds is 4. The molecular formula is C25H29NO5. The summed E-state index contributed by atoms with van der Waals surface area (Å²) in [6, 6.07) is 7.14.